The lowest BCUT2D eigenvalue weighted by Gasteiger charge is -2.41. The van der Waals surface area contributed by atoms with Crippen LogP contribution in [0, 0.1) is 25.5 Å². The summed E-state index contributed by atoms with van der Waals surface area (Å²) in [6, 6.07) is 13.1. The summed E-state index contributed by atoms with van der Waals surface area (Å²) < 4.78 is 42.2. The Kier molecular flexibility index (Phi) is 8.04. The van der Waals surface area contributed by atoms with Gasteiger partial charge in [0.15, 0.2) is 5.94 Å². The SMILES string of the molecule is COc1cccc(F)c1-c1cc2c(cc1F)C(N1CCN(C(=O)OC(C)(C)C)CC1)=CC(=C=O)N2c1c(C)cccc1C. The number of hydrogen-bond acceptors (Lipinski definition) is 6. The summed E-state index contributed by atoms with van der Waals surface area (Å²) in [6.07, 6.45) is 1.31. The lowest BCUT2D eigenvalue weighted by molar-refractivity contribution is 0.0182. The summed E-state index contributed by atoms with van der Waals surface area (Å²) in [5.41, 5.74) is 3.82. The quantitative estimate of drug-likeness (QED) is 0.306. The summed E-state index contributed by atoms with van der Waals surface area (Å²) >= 11 is 0. The van der Waals surface area contributed by atoms with E-state index in [2.05, 4.69) is 5.94 Å². The fraction of sp³-hybridized carbons (Fsp3) is 0.324. The van der Waals surface area contributed by atoms with Gasteiger partial charge in [0, 0.05) is 43.0 Å². The second kappa shape index (κ2) is 11.6. The van der Waals surface area contributed by atoms with Gasteiger partial charge < -0.3 is 19.3 Å². The molecule has 2 heterocycles. The molecule has 0 aromatic heterocycles. The highest BCUT2D eigenvalue weighted by Crippen LogP contribution is 2.47. The van der Waals surface area contributed by atoms with Crippen LogP contribution in [0.2, 0.25) is 0 Å². The van der Waals surface area contributed by atoms with Crippen LogP contribution >= 0.6 is 0 Å². The van der Waals surface area contributed by atoms with Crippen molar-refractivity contribution >= 4 is 29.1 Å². The van der Waals surface area contributed by atoms with Gasteiger partial charge in [0.05, 0.1) is 24.0 Å². The third kappa shape index (κ3) is 5.73. The number of anilines is 2. The summed E-state index contributed by atoms with van der Waals surface area (Å²) in [7, 11) is 1.41. The first-order valence-corrected chi connectivity index (χ1v) is 14.2. The monoisotopic (exact) mass is 587 g/mol. The molecule has 1 saturated heterocycles. The molecule has 0 N–H and O–H groups in total. The number of ether oxygens (including phenoxy) is 2. The zero-order valence-electron chi connectivity index (χ0n) is 25.3. The second-order valence-electron chi connectivity index (χ2n) is 11.7. The molecule has 224 valence electrons. The topological polar surface area (TPSA) is 62.3 Å². The fourth-order valence-corrected chi connectivity index (χ4v) is 5.67. The minimum Gasteiger partial charge on any atom is -0.496 e. The zero-order chi connectivity index (χ0) is 31.1. The molecule has 5 rings (SSSR count). The van der Waals surface area contributed by atoms with Gasteiger partial charge in [-0.3, -0.25) is 4.90 Å². The van der Waals surface area contributed by atoms with Crippen LogP contribution < -0.4 is 9.64 Å². The van der Waals surface area contributed by atoms with E-state index in [1.54, 1.807) is 28.0 Å². The van der Waals surface area contributed by atoms with Crippen molar-refractivity contribution in [2.24, 2.45) is 0 Å². The van der Waals surface area contributed by atoms with Crippen molar-refractivity contribution in [3.63, 3.8) is 0 Å². The lowest BCUT2D eigenvalue weighted by Crippen LogP contribution is -2.49. The maximum Gasteiger partial charge on any atom is 0.410 e. The number of halogens is 2. The van der Waals surface area contributed by atoms with E-state index in [0.29, 0.717) is 43.1 Å². The number of piperazine rings is 1. The van der Waals surface area contributed by atoms with Crippen LogP contribution in [0.15, 0.2) is 60.3 Å². The highest BCUT2D eigenvalue weighted by atomic mass is 19.1. The summed E-state index contributed by atoms with van der Waals surface area (Å²) in [4.78, 5) is 30.6. The Labute approximate surface area is 250 Å². The van der Waals surface area contributed by atoms with Gasteiger partial charge in [0.25, 0.3) is 0 Å². The van der Waals surface area contributed by atoms with Crippen molar-refractivity contribution in [1.82, 2.24) is 9.80 Å². The number of carbonyl (C=O) groups is 1. The molecule has 0 bridgehead atoms. The standard InChI is InChI=1S/C34H35F2N3O4/c1-21-9-7-10-22(2)32(21)39-23(20-40)17-28(37-13-15-38(16-14-37)33(41)43-34(3,4)5)25-18-27(36)24(19-29(25)39)31-26(35)11-8-12-30(31)42-6/h7-12,17-19H,13-16H2,1-6H3. The van der Waals surface area contributed by atoms with Gasteiger partial charge >= 0.3 is 6.09 Å². The highest BCUT2D eigenvalue weighted by Gasteiger charge is 2.34. The number of aryl methyl sites for hydroxylation is 2. The Hall–Kier alpha value is -4.62. The Balaban J connectivity index is 1.64. The van der Waals surface area contributed by atoms with Gasteiger partial charge in [-0.05, 0) is 76.1 Å². The minimum atomic E-state index is -0.638. The molecule has 0 radical (unpaired) electrons. The number of hydrogen-bond donors (Lipinski definition) is 0. The number of carbonyl (C=O) groups excluding carboxylic acids is 2. The van der Waals surface area contributed by atoms with Crippen LogP contribution in [0.4, 0.5) is 25.0 Å². The third-order valence-electron chi connectivity index (χ3n) is 7.62. The van der Waals surface area contributed by atoms with Crippen molar-refractivity contribution in [3.8, 4) is 16.9 Å². The van der Waals surface area contributed by atoms with Gasteiger partial charge in [0.1, 0.15) is 28.7 Å². The molecule has 0 saturated carbocycles. The van der Waals surface area contributed by atoms with Crippen molar-refractivity contribution in [1.29, 1.82) is 0 Å². The molecule has 7 nitrogen and oxygen atoms in total. The van der Waals surface area contributed by atoms with E-state index in [1.165, 1.54) is 25.3 Å². The van der Waals surface area contributed by atoms with Crippen LogP contribution in [0.5, 0.6) is 5.75 Å². The van der Waals surface area contributed by atoms with Crippen molar-refractivity contribution in [3.05, 3.63) is 88.6 Å². The molecule has 2 aliphatic rings. The van der Waals surface area contributed by atoms with E-state index >= 15 is 8.78 Å². The molecular weight excluding hydrogens is 552 g/mol. The molecule has 1 fully saturated rings. The molecule has 0 unspecified atom stereocenters. The molecule has 3 aromatic carbocycles. The first-order valence-electron chi connectivity index (χ1n) is 14.2. The minimum absolute atomic E-state index is 0.00572. The molecule has 9 heteroatoms. The van der Waals surface area contributed by atoms with Gasteiger partial charge in [-0.1, -0.05) is 24.3 Å². The molecule has 1 amide bonds. The van der Waals surface area contributed by atoms with E-state index in [-0.39, 0.29) is 22.6 Å². The number of benzene rings is 3. The van der Waals surface area contributed by atoms with Crippen LogP contribution in [-0.2, 0) is 9.53 Å². The number of allylic oxidation sites excluding steroid dienone is 1. The van der Waals surface area contributed by atoms with Gasteiger partial charge in [0.2, 0.25) is 0 Å². The number of rotatable bonds is 4. The Morgan fingerprint density at radius 2 is 1.56 bits per heavy atom. The molecule has 0 spiro atoms. The van der Waals surface area contributed by atoms with E-state index in [1.807, 2.05) is 57.7 Å². The zero-order valence-corrected chi connectivity index (χ0v) is 25.3. The lowest BCUT2D eigenvalue weighted by atomic mass is 9.93. The molecule has 0 aliphatic carbocycles. The number of fused-ring (bicyclic) bond motifs is 1. The average Bonchev–Trinajstić information content (AvgIpc) is 2.96. The molecule has 3 aromatic rings. The Bertz CT molecular complexity index is 1640. The van der Waals surface area contributed by atoms with Crippen LogP contribution in [0.3, 0.4) is 0 Å². The number of amides is 1. The van der Waals surface area contributed by atoms with Crippen LogP contribution in [-0.4, -0.2) is 60.7 Å². The maximum absolute atomic E-state index is 16.1. The van der Waals surface area contributed by atoms with Crippen molar-refractivity contribution in [2.75, 3.05) is 38.2 Å². The maximum atomic E-state index is 16.1. The van der Waals surface area contributed by atoms with Crippen molar-refractivity contribution in [2.45, 2.75) is 40.2 Å². The normalized spacial score (nSPS) is 15.1. The van der Waals surface area contributed by atoms with Gasteiger partial charge in [-0.2, -0.15) is 0 Å². The molecule has 0 atom stereocenters. The van der Waals surface area contributed by atoms with Gasteiger partial charge in [-0.25, -0.2) is 18.4 Å². The number of nitrogens with zero attached hydrogens (tertiary/aromatic N) is 3. The van der Waals surface area contributed by atoms with Gasteiger partial charge in [-0.15, -0.1) is 0 Å². The van der Waals surface area contributed by atoms with E-state index in [0.717, 1.165) is 16.8 Å². The predicted molar refractivity (Wildman–Crippen MR) is 163 cm³/mol. The van der Waals surface area contributed by atoms with Crippen molar-refractivity contribution < 1.29 is 27.8 Å². The van der Waals surface area contributed by atoms with Crippen LogP contribution in [0.25, 0.3) is 16.8 Å². The summed E-state index contributed by atoms with van der Waals surface area (Å²) in [6.45, 7) is 11.0. The van der Waals surface area contributed by atoms with Crippen LogP contribution in [0.1, 0.15) is 37.5 Å². The average molecular weight is 588 g/mol. The highest BCUT2D eigenvalue weighted by molar-refractivity contribution is 5.95. The molecule has 2 aliphatic heterocycles. The Morgan fingerprint density at radius 1 is 0.907 bits per heavy atom. The summed E-state index contributed by atoms with van der Waals surface area (Å²) in [5, 5.41) is 0. The number of methoxy groups -OCH3 is 1. The van der Waals surface area contributed by atoms with E-state index in [9.17, 15) is 9.59 Å². The smallest absolute Gasteiger partial charge is 0.410 e. The summed E-state index contributed by atoms with van der Waals surface area (Å²) in [5.74, 6) is 1.01. The first kappa shape index (κ1) is 29.9. The fourth-order valence-electron chi connectivity index (χ4n) is 5.67. The van der Waals surface area contributed by atoms with E-state index < -0.39 is 23.3 Å². The largest absolute Gasteiger partial charge is 0.496 e. The van der Waals surface area contributed by atoms with E-state index in [4.69, 9.17) is 9.47 Å². The predicted octanol–water partition coefficient (Wildman–Crippen LogP) is 7.02. The first-order chi connectivity index (χ1) is 20.4. The molecule has 43 heavy (non-hydrogen) atoms. The third-order valence-corrected chi connectivity index (χ3v) is 7.62. The molecular formula is C34H35F2N3O4. The Morgan fingerprint density at radius 3 is 2.16 bits per heavy atom. The second-order valence-corrected chi connectivity index (χ2v) is 11.7. The number of para-hydroxylation sites is 1.